The molecule has 27 heavy (non-hydrogen) atoms. The highest BCUT2D eigenvalue weighted by Gasteiger charge is 2.20. The monoisotopic (exact) mass is 429 g/mol. The maximum Gasteiger partial charge on any atom is 0.220 e. The Kier molecular flexibility index (Phi) is 10.8. The Morgan fingerprint density at radius 1 is 1.22 bits per heavy atom. The van der Waals surface area contributed by atoms with E-state index in [0.717, 1.165) is 37.4 Å². The van der Waals surface area contributed by atoms with Crippen molar-refractivity contribution in [1.82, 2.24) is 10.2 Å². The zero-order valence-electron chi connectivity index (χ0n) is 15.4. The molecule has 0 radical (unpaired) electrons. The van der Waals surface area contributed by atoms with Crippen LogP contribution >= 0.6 is 36.2 Å². The molecule has 3 rings (SSSR count). The minimum absolute atomic E-state index is 0. The zero-order valence-corrected chi connectivity index (χ0v) is 17.9. The van der Waals surface area contributed by atoms with Crippen LogP contribution in [0.3, 0.4) is 0 Å². The van der Waals surface area contributed by atoms with E-state index in [-0.39, 0.29) is 30.7 Å². The molecule has 150 valence electrons. The quantitative estimate of drug-likeness (QED) is 0.650. The maximum absolute atomic E-state index is 12.1. The van der Waals surface area contributed by atoms with Gasteiger partial charge in [-0.2, -0.15) is 0 Å². The van der Waals surface area contributed by atoms with Crippen LogP contribution in [-0.2, 0) is 17.8 Å². The van der Waals surface area contributed by atoms with E-state index in [1.807, 2.05) is 35.6 Å². The van der Waals surface area contributed by atoms with Crippen LogP contribution in [0.15, 0.2) is 41.8 Å². The first-order valence-corrected chi connectivity index (χ1v) is 9.93. The molecule has 0 spiro atoms. The summed E-state index contributed by atoms with van der Waals surface area (Å²) in [5.74, 6) is 0.679. The Morgan fingerprint density at radius 3 is 2.78 bits per heavy atom. The van der Waals surface area contributed by atoms with Gasteiger partial charge in [-0.3, -0.25) is 9.69 Å². The average Bonchev–Trinajstić information content (AvgIpc) is 3.12. The van der Waals surface area contributed by atoms with E-state index in [9.17, 15) is 4.79 Å². The molecule has 7 heteroatoms. The normalized spacial score (nSPS) is 16.8. The topological polar surface area (TPSA) is 58.4 Å². The number of likely N-dealkylation sites (tertiary alicyclic amines) is 1. The van der Waals surface area contributed by atoms with Gasteiger partial charge in [-0.25, -0.2) is 0 Å². The summed E-state index contributed by atoms with van der Waals surface area (Å²) in [6.45, 7) is 4.05. The van der Waals surface area contributed by atoms with Crippen molar-refractivity contribution in [2.24, 2.45) is 5.92 Å². The summed E-state index contributed by atoms with van der Waals surface area (Å²) in [5, 5.41) is 5.25. The lowest BCUT2D eigenvalue weighted by atomic mass is 9.98. The molecule has 2 heterocycles. The molecule has 1 amide bonds. The standard InChI is InChI=1S/C20H27N3OS.2ClH/c21-19-8-2-1-6-17(19)9-10-20(24)22-13-16-5-3-11-23(14-16)15-18-7-4-12-25-18;;/h1-2,4,6-8,12,16H,3,5,9-11,13-15,21H2,(H,22,24);2*1H. The molecule has 1 aromatic carbocycles. The Morgan fingerprint density at radius 2 is 2.04 bits per heavy atom. The third-order valence-corrected chi connectivity index (χ3v) is 5.69. The number of nitrogens with zero attached hydrogens (tertiary/aromatic N) is 1. The average molecular weight is 430 g/mol. The Balaban J connectivity index is 0.00000182. The SMILES string of the molecule is Cl.Cl.Nc1ccccc1CCC(=O)NCC1CCCN(Cc2cccs2)C1. The van der Waals surface area contributed by atoms with Gasteiger partial charge in [0.25, 0.3) is 0 Å². The van der Waals surface area contributed by atoms with Gasteiger partial charge in [0.2, 0.25) is 5.91 Å². The number of hydrogen-bond acceptors (Lipinski definition) is 4. The molecule has 1 fully saturated rings. The van der Waals surface area contributed by atoms with Crippen molar-refractivity contribution in [3.8, 4) is 0 Å². The molecule has 3 N–H and O–H groups in total. The second-order valence-corrected chi connectivity index (χ2v) is 7.86. The molecule has 2 aromatic rings. The summed E-state index contributed by atoms with van der Waals surface area (Å²) in [6, 6.07) is 12.1. The Labute approximate surface area is 178 Å². The molecule has 1 saturated heterocycles. The van der Waals surface area contributed by atoms with Crippen LogP contribution in [0.5, 0.6) is 0 Å². The van der Waals surface area contributed by atoms with E-state index in [1.165, 1.54) is 17.7 Å². The first-order chi connectivity index (χ1) is 12.2. The second kappa shape index (κ2) is 12.2. The number of nitrogen functional groups attached to an aromatic ring is 1. The highest BCUT2D eigenvalue weighted by atomic mass is 35.5. The number of nitrogens with one attached hydrogen (secondary N) is 1. The van der Waals surface area contributed by atoms with Crippen molar-refractivity contribution in [3.63, 3.8) is 0 Å². The summed E-state index contributed by atoms with van der Waals surface area (Å²) < 4.78 is 0. The van der Waals surface area contributed by atoms with E-state index in [0.29, 0.717) is 18.8 Å². The highest BCUT2D eigenvalue weighted by molar-refractivity contribution is 7.09. The molecule has 1 aliphatic heterocycles. The third-order valence-electron chi connectivity index (χ3n) is 4.83. The number of carbonyl (C=O) groups excluding carboxylic acids is 1. The summed E-state index contributed by atoms with van der Waals surface area (Å²) in [5.41, 5.74) is 7.76. The molecule has 0 bridgehead atoms. The zero-order chi connectivity index (χ0) is 17.5. The number of amides is 1. The molecule has 1 aliphatic rings. The van der Waals surface area contributed by atoms with Gasteiger partial charge in [0.1, 0.15) is 0 Å². The van der Waals surface area contributed by atoms with Gasteiger partial charge in [-0.05, 0) is 54.8 Å². The minimum atomic E-state index is 0. The fourth-order valence-corrected chi connectivity index (χ4v) is 4.19. The molecule has 4 nitrogen and oxygen atoms in total. The smallest absolute Gasteiger partial charge is 0.220 e. The molecule has 1 atom stereocenters. The van der Waals surface area contributed by atoms with Crippen molar-refractivity contribution in [3.05, 3.63) is 52.2 Å². The number of thiophene rings is 1. The van der Waals surface area contributed by atoms with Crippen molar-refractivity contribution in [2.45, 2.75) is 32.2 Å². The van der Waals surface area contributed by atoms with Crippen molar-refractivity contribution in [2.75, 3.05) is 25.4 Å². The number of carbonyl (C=O) groups is 1. The molecule has 1 unspecified atom stereocenters. The highest BCUT2D eigenvalue weighted by Crippen LogP contribution is 2.20. The summed E-state index contributed by atoms with van der Waals surface area (Å²) >= 11 is 1.82. The van der Waals surface area contributed by atoms with E-state index in [1.54, 1.807) is 0 Å². The number of hydrogen-bond donors (Lipinski definition) is 2. The molecule has 0 aliphatic carbocycles. The summed E-state index contributed by atoms with van der Waals surface area (Å²) in [4.78, 5) is 16.1. The number of para-hydroxylation sites is 1. The van der Waals surface area contributed by atoms with Gasteiger partial charge in [0, 0.05) is 36.6 Å². The van der Waals surface area contributed by atoms with Crippen LogP contribution in [-0.4, -0.2) is 30.4 Å². The fourth-order valence-electron chi connectivity index (χ4n) is 3.44. The lowest BCUT2D eigenvalue weighted by Gasteiger charge is -2.32. The maximum atomic E-state index is 12.1. The van der Waals surface area contributed by atoms with E-state index >= 15 is 0 Å². The van der Waals surface area contributed by atoms with E-state index in [2.05, 4.69) is 27.7 Å². The van der Waals surface area contributed by atoms with Gasteiger partial charge < -0.3 is 11.1 Å². The number of anilines is 1. The Hall–Kier alpha value is -1.27. The van der Waals surface area contributed by atoms with Crippen LogP contribution < -0.4 is 11.1 Å². The fraction of sp³-hybridized carbons (Fsp3) is 0.450. The number of piperidine rings is 1. The first kappa shape index (κ1) is 23.8. The van der Waals surface area contributed by atoms with Crippen LogP contribution in [0.4, 0.5) is 5.69 Å². The lowest BCUT2D eigenvalue weighted by molar-refractivity contribution is -0.121. The molecule has 1 aromatic heterocycles. The number of nitrogens with two attached hydrogens (primary N) is 1. The van der Waals surface area contributed by atoms with Gasteiger partial charge >= 0.3 is 0 Å². The number of benzene rings is 1. The van der Waals surface area contributed by atoms with Gasteiger partial charge in [0.15, 0.2) is 0 Å². The number of halogens is 2. The third kappa shape index (κ3) is 7.70. The van der Waals surface area contributed by atoms with Crippen LogP contribution in [0.2, 0.25) is 0 Å². The van der Waals surface area contributed by atoms with Crippen molar-refractivity contribution < 1.29 is 4.79 Å². The molecular formula is C20H29Cl2N3OS. The lowest BCUT2D eigenvalue weighted by Crippen LogP contribution is -2.40. The Bertz CT molecular complexity index is 682. The van der Waals surface area contributed by atoms with Gasteiger partial charge in [0.05, 0.1) is 0 Å². The van der Waals surface area contributed by atoms with E-state index < -0.39 is 0 Å². The number of aryl methyl sites for hydroxylation is 1. The summed E-state index contributed by atoms with van der Waals surface area (Å²) in [7, 11) is 0. The predicted octanol–water partition coefficient (Wildman–Crippen LogP) is 4.13. The second-order valence-electron chi connectivity index (χ2n) is 6.83. The van der Waals surface area contributed by atoms with Crippen LogP contribution in [0, 0.1) is 5.92 Å². The van der Waals surface area contributed by atoms with Crippen molar-refractivity contribution in [1.29, 1.82) is 0 Å². The largest absolute Gasteiger partial charge is 0.399 e. The summed E-state index contributed by atoms with van der Waals surface area (Å²) in [6.07, 6.45) is 3.62. The molecular weight excluding hydrogens is 401 g/mol. The van der Waals surface area contributed by atoms with Crippen molar-refractivity contribution >= 4 is 47.7 Å². The molecule has 0 saturated carbocycles. The van der Waals surface area contributed by atoms with Gasteiger partial charge in [-0.15, -0.1) is 36.2 Å². The van der Waals surface area contributed by atoms with Crippen LogP contribution in [0.1, 0.15) is 29.7 Å². The van der Waals surface area contributed by atoms with E-state index in [4.69, 9.17) is 5.73 Å². The van der Waals surface area contributed by atoms with Gasteiger partial charge in [-0.1, -0.05) is 24.3 Å². The number of rotatable bonds is 7. The predicted molar refractivity (Wildman–Crippen MR) is 119 cm³/mol. The minimum Gasteiger partial charge on any atom is -0.399 e. The first-order valence-electron chi connectivity index (χ1n) is 9.05. The van der Waals surface area contributed by atoms with Crippen LogP contribution in [0.25, 0.3) is 0 Å².